The van der Waals surface area contributed by atoms with Crippen molar-refractivity contribution < 1.29 is 9.84 Å². The van der Waals surface area contributed by atoms with Gasteiger partial charge in [-0.1, -0.05) is 6.07 Å². The average Bonchev–Trinajstić information content (AvgIpc) is 2.19. The standard InChI is InChI=1S/C11H18N2O2/c1-13(8-11(14)9-15-2)7-10-5-3-4-6-12-10/h3-6,11,14H,7-9H2,1-2H3. The van der Waals surface area contributed by atoms with Crippen LogP contribution in [0.5, 0.6) is 0 Å². The number of methoxy groups -OCH3 is 1. The second-order valence-corrected chi connectivity index (χ2v) is 3.63. The van der Waals surface area contributed by atoms with Crippen LogP contribution >= 0.6 is 0 Å². The molecule has 84 valence electrons. The number of nitrogens with zero attached hydrogens (tertiary/aromatic N) is 2. The quantitative estimate of drug-likeness (QED) is 0.743. The van der Waals surface area contributed by atoms with Crippen LogP contribution in [0.15, 0.2) is 24.4 Å². The van der Waals surface area contributed by atoms with E-state index in [-0.39, 0.29) is 0 Å². The van der Waals surface area contributed by atoms with Gasteiger partial charge in [-0.05, 0) is 19.2 Å². The highest BCUT2D eigenvalue weighted by Gasteiger charge is 2.08. The van der Waals surface area contributed by atoms with Crippen LogP contribution < -0.4 is 0 Å². The number of aliphatic hydroxyl groups is 1. The van der Waals surface area contributed by atoms with Gasteiger partial charge in [0.25, 0.3) is 0 Å². The van der Waals surface area contributed by atoms with Crippen molar-refractivity contribution in [2.75, 3.05) is 27.3 Å². The lowest BCUT2D eigenvalue weighted by Gasteiger charge is -2.19. The predicted octanol–water partition coefficient (Wildman–Crippen LogP) is 0.521. The summed E-state index contributed by atoms with van der Waals surface area (Å²) in [6.45, 7) is 1.69. The third-order valence-electron chi connectivity index (χ3n) is 2.04. The molecular formula is C11H18N2O2. The summed E-state index contributed by atoms with van der Waals surface area (Å²) in [4.78, 5) is 6.24. The summed E-state index contributed by atoms with van der Waals surface area (Å²) in [6, 6.07) is 5.82. The van der Waals surface area contributed by atoms with Crippen LogP contribution in [-0.2, 0) is 11.3 Å². The van der Waals surface area contributed by atoms with E-state index in [4.69, 9.17) is 4.74 Å². The molecule has 0 fully saturated rings. The molecule has 0 bridgehead atoms. The van der Waals surface area contributed by atoms with Crippen molar-refractivity contribution >= 4 is 0 Å². The van der Waals surface area contributed by atoms with E-state index in [1.807, 2.05) is 30.1 Å². The van der Waals surface area contributed by atoms with E-state index in [9.17, 15) is 5.11 Å². The summed E-state index contributed by atoms with van der Waals surface area (Å²) >= 11 is 0. The molecule has 0 amide bonds. The summed E-state index contributed by atoms with van der Waals surface area (Å²) in [5.41, 5.74) is 1.00. The van der Waals surface area contributed by atoms with Gasteiger partial charge in [-0.3, -0.25) is 9.88 Å². The van der Waals surface area contributed by atoms with Crippen LogP contribution in [0, 0.1) is 0 Å². The zero-order valence-electron chi connectivity index (χ0n) is 9.26. The Balaban J connectivity index is 2.33. The molecule has 0 aromatic carbocycles. The first kappa shape index (κ1) is 12.1. The lowest BCUT2D eigenvalue weighted by molar-refractivity contribution is 0.0416. The zero-order chi connectivity index (χ0) is 11.1. The topological polar surface area (TPSA) is 45.6 Å². The van der Waals surface area contributed by atoms with E-state index in [2.05, 4.69) is 4.98 Å². The predicted molar refractivity (Wildman–Crippen MR) is 58.5 cm³/mol. The van der Waals surface area contributed by atoms with E-state index >= 15 is 0 Å². The molecule has 15 heavy (non-hydrogen) atoms. The van der Waals surface area contributed by atoms with Gasteiger partial charge in [0.15, 0.2) is 0 Å². The third-order valence-corrected chi connectivity index (χ3v) is 2.04. The Labute approximate surface area is 90.5 Å². The van der Waals surface area contributed by atoms with Crippen LogP contribution in [0.3, 0.4) is 0 Å². The fraction of sp³-hybridized carbons (Fsp3) is 0.545. The van der Waals surface area contributed by atoms with E-state index in [0.29, 0.717) is 13.2 Å². The largest absolute Gasteiger partial charge is 0.389 e. The molecule has 1 heterocycles. The summed E-state index contributed by atoms with van der Waals surface area (Å²) < 4.78 is 4.86. The Hall–Kier alpha value is -0.970. The third kappa shape index (κ3) is 4.88. The van der Waals surface area contributed by atoms with Crippen molar-refractivity contribution in [3.63, 3.8) is 0 Å². The van der Waals surface area contributed by atoms with Crippen molar-refractivity contribution in [2.24, 2.45) is 0 Å². The minimum atomic E-state index is -0.441. The van der Waals surface area contributed by atoms with Crippen LogP contribution in [-0.4, -0.2) is 48.4 Å². The van der Waals surface area contributed by atoms with Gasteiger partial charge in [0.05, 0.1) is 18.4 Å². The highest BCUT2D eigenvalue weighted by Crippen LogP contribution is 1.99. The monoisotopic (exact) mass is 210 g/mol. The van der Waals surface area contributed by atoms with Crippen molar-refractivity contribution in [1.29, 1.82) is 0 Å². The molecule has 0 aliphatic carbocycles. The van der Waals surface area contributed by atoms with Gasteiger partial charge < -0.3 is 9.84 Å². The Bertz CT molecular complexity index is 267. The maximum absolute atomic E-state index is 9.51. The first-order valence-electron chi connectivity index (χ1n) is 4.98. The molecule has 4 nitrogen and oxygen atoms in total. The maximum atomic E-state index is 9.51. The van der Waals surface area contributed by atoms with Crippen LogP contribution in [0.2, 0.25) is 0 Å². The minimum absolute atomic E-state index is 0.368. The number of rotatable bonds is 6. The van der Waals surface area contributed by atoms with Crippen LogP contribution in [0.1, 0.15) is 5.69 Å². The summed E-state index contributed by atoms with van der Waals surface area (Å²) in [7, 11) is 3.54. The fourth-order valence-electron chi connectivity index (χ4n) is 1.44. The van der Waals surface area contributed by atoms with Crippen LogP contribution in [0.4, 0.5) is 0 Å². The van der Waals surface area contributed by atoms with Crippen molar-refractivity contribution in [3.8, 4) is 0 Å². The Morgan fingerprint density at radius 3 is 2.93 bits per heavy atom. The lowest BCUT2D eigenvalue weighted by atomic mass is 10.3. The Morgan fingerprint density at radius 1 is 1.53 bits per heavy atom. The first-order chi connectivity index (χ1) is 7.22. The molecule has 1 aromatic rings. The molecule has 4 heteroatoms. The molecule has 1 aromatic heterocycles. The molecule has 0 spiro atoms. The van der Waals surface area contributed by atoms with Crippen LogP contribution in [0.25, 0.3) is 0 Å². The molecule has 1 N–H and O–H groups in total. The second-order valence-electron chi connectivity index (χ2n) is 3.63. The number of aliphatic hydroxyl groups excluding tert-OH is 1. The lowest BCUT2D eigenvalue weighted by Crippen LogP contribution is -2.31. The number of aromatic nitrogens is 1. The van der Waals surface area contributed by atoms with Crippen molar-refractivity contribution in [3.05, 3.63) is 30.1 Å². The first-order valence-corrected chi connectivity index (χ1v) is 4.98. The highest BCUT2D eigenvalue weighted by molar-refractivity contribution is 5.02. The van der Waals surface area contributed by atoms with E-state index in [0.717, 1.165) is 12.2 Å². The molecule has 1 unspecified atom stereocenters. The average molecular weight is 210 g/mol. The number of hydrogen-bond acceptors (Lipinski definition) is 4. The van der Waals surface area contributed by atoms with Gasteiger partial charge in [0, 0.05) is 26.4 Å². The Kier molecular flexibility index (Phi) is 5.25. The number of pyridine rings is 1. The SMILES string of the molecule is COCC(O)CN(C)Cc1ccccn1. The normalized spacial score (nSPS) is 13.1. The van der Waals surface area contributed by atoms with Gasteiger partial charge >= 0.3 is 0 Å². The number of hydrogen-bond donors (Lipinski definition) is 1. The van der Waals surface area contributed by atoms with Gasteiger partial charge in [-0.2, -0.15) is 0 Å². The molecule has 1 atom stereocenters. The minimum Gasteiger partial charge on any atom is -0.389 e. The van der Waals surface area contributed by atoms with Gasteiger partial charge in [-0.25, -0.2) is 0 Å². The van der Waals surface area contributed by atoms with Gasteiger partial charge in [0.2, 0.25) is 0 Å². The van der Waals surface area contributed by atoms with Gasteiger partial charge in [0.1, 0.15) is 0 Å². The molecule has 0 aliphatic rings. The molecule has 0 aliphatic heterocycles. The molecule has 0 saturated heterocycles. The van der Waals surface area contributed by atoms with E-state index < -0.39 is 6.10 Å². The van der Waals surface area contributed by atoms with Crippen molar-refractivity contribution in [1.82, 2.24) is 9.88 Å². The van der Waals surface area contributed by atoms with E-state index in [1.165, 1.54) is 0 Å². The van der Waals surface area contributed by atoms with Gasteiger partial charge in [-0.15, -0.1) is 0 Å². The molecule has 0 radical (unpaired) electrons. The molecule has 1 rings (SSSR count). The summed E-state index contributed by atoms with van der Waals surface area (Å²) in [6.07, 6.45) is 1.33. The number of likely N-dealkylation sites (N-methyl/N-ethyl adjacent to an activating group) is 1. The maximum Gasteiger partial charge on any atom is 0.0900 e. The summed E-state index contributed by atoms with van der Waals surface area (Å²) in [5, 5.41) is 9.51. The molecule has 0 saturated carbocycles. The number of ether oxygens (including phenoxy) is 1. The zero-order valence-corrected chi connectivity index (χ0v) is 9.26. The van der Waals surface area contributed by atoms with E-state index in [1.54, 1.807) is 13.3 Å². The fourth-order valence-corrected chi connectivity index (χ4v) is 1.44. The Morgan fingerprint density at radius 2 is 2.33 bits per heavy atom. The summed E-state index contributed by atoms with van der Waals surface area (Å²) in [5.74, 6) is 0. The molecular weight excluding hydrogens is 192 g/mol. The second kappa shape index (κ2) is 6.50. The smallest absolute Gasteiger partial charge is 0.0900 e. The van der Waals surface area contributed by atoms with Crippen molar-refractivity contribution in [2.45, 2.75) is 12.6 Å². The highest BCUT2D eigenvalue weighted by atomic mass is 16.5.